The van der Waals surface area contributed by atoms with Crippen LogP contribution in [0.1, 0.15) is 31.4 Å². The number of ether oxygens (including phenoxy) is 1. The van der Waals surface area contributed by atoms with E-state index in [1.807, 2.05) is 39.0 Å². The molecule has 18 heavy (non-hydrogen) atoms. The molecule has 1 rings (SSSR count). The summed E-state index contributed by atoms with van der Waals surface area (Å²) in [6.07, 6.45) is 0.307. The predicted octanol–water partition coefficient (Wildman–Crippen LogP) is 1.75. The predicted molar refractivity (Wildman–Crippen MR) is 72.5 cm³/mol. The molecule has 0 radical (unpaired) electrons. The minimum atomic E-state index is -0.485. The Morgan fingerprint density at radius 1 is 1.44 bits per heavy atom. The number of nitrogens with one attached hydrogen (secondary N) is 1. The molecule has 0 spiro atoms. The van der Waals surface area contributed by atoms with Gasteiger partial charge in [-0.25, -0.2) is 0 Å². The average Bonchev–Trinajstić information content (AvgIpc) is 2.24. The second-order valence-corrected chi connectivity index (χ2v) is 5.26. The number of carbonyl (C=O) groups is 1. The first-order valence-electron chi connectivity index (χ1n) is 6.01. The summed E-state index contributed by atoms with van der Waals surface area (Å²) in [6, 6.07) is 5.89. The van der Waals surface area contributed by atoms with E-state index in [1.165, 1.54) is 0 Å². The van der Waals surface area contributed by atoms with E-state index in [2.05, 4.69) is 5.32 Å². The van der Waals surface area contributed by atoms with Crippen LogP contribution in [0.5, 0.6) is 5.75 Å². The SMILES string of the molecule is COc1ccc(C)cc1CNC(=O)CC(C)(C)N. The number of hydrogen-bond donors (Lipinski definition) is 2. The molecule has 0 unspecified atom stereocenters. The highest BCUT2D eigenvalue weighted by molar-refractivity contribution is 5.77. The second kappa shape index (κ2) is 5.87. The first kappa shape index (κ1) is 14.5. The van der Waals surface area contributed by atoms with Gasteiger partial charge in [-0.1, -0.05) is 17.7 Å². The summed E-state index contributed by atoms with van der Waals surface area (Å²) in [4.78, 5) is 11.7. The Morgan fingerprint density at radius 2 is 2.11 bits per heavy atom. The van der Waals surface area contributed by atoms with Crippen molar-refractivity contribution in [2.75, 3.05) is 7.11 Å². The smallest absolute Gasteiger partial charge is 0.222 e. The van der Waals surface area contributed by atoms with Crippen LogP contribution in [0.15, 0.2) is 18.2 Å². The van der Waals surface area contributed by atoms with Gasteiger partial charge in [-0.2, -0.15) is 0 Å². The fourth-order valence-corrected chi connectivity index (χ4v) is 1.72. The molecule has 0 fully saturated rings. The standard InChI is InChI=1S/C14H22N2O2/c1-10-5-6-12(18-4)11(7-10)9-16-13(17)8-14(2,3)15/h5-7H,8-9,15H2,1-4H3,(H,16,17). The lowest BCUT2D eigenvalue weighted by atomic mass is 10.0. The van der Waals surface area contributed by atoms with Gasteiger partial charge < -0.3 is 15.8 Å². The van der Waals surface area contributed by atoms with Gasteiger partial charge in [-0.3, -0.25) is 4.79 Å². The lowest BCUT2D eigenvalue weighted by molar-refractivity contribution is -0.122. The van der Waals surface area contributed by atoms with Crippen molar-refractivity contribution in [2.45, 2.75) is 39.3 Å². The Balaban J connectivity index is 2.63. The third-order valence-corrected chi connectivity index (χ3v) is 2.53. The largest absolute Gasteiger partial charge is 0.496 e. The maximum Gasteiger partial charge on any atom is 0.222 e. The van der Waals surface area contributed by atoms with Gasteiger partial charge in [0.15, 0.2) is 0 Å². The van der Waals surface area contributed by atoms with E-state index in [4.69, 9.17) is 10.5 Å². The zero-order chi connectivity index (χ0) is 13.8. The number of carbonyl (C=O) groups excluding carboxylic acids is 1. The average molecular weight is 250 g/mol. The molecule has 0 aliphatic rings. The maximum atomic E-state index is 11.7. The zero-order valence-corrected chi connectivity index (χ0v) is 11.5. The van der Waals surface area contributed by atoms with E-state index in [9.17, 15) is 4.79 Å². The third-order valence-electron chi connectivity index (χ3n) is 2.53. The fourth-order valence-electron chi connectivity index (χ4n) is 1.72. The normalized spacial score (nSPS) is 11.2. The number of hydrogen-bond acceptors (Lipinski definition) is 3. The van der Waals surface area contributed by atoms with Crippen LogP contribution in [-0.2, 0) is 11.3 Å². The quantitative estimate of drug-likeness (QED) is 0.836. The monoisotopic (exact) mass is 250 g/mol. The molecule has 0 bridgehead atoms. The highest BCUT2D eigenvalue weighted by Crippen LogP contribution is 2.19. The molecule has 1 amide bonds. The van der Waals surface area contributed by atoms with Crippen molar-refractivity contribution in [2.24, 2.45) is 5.73 Å². The Labute approximate surface area is 109 Å². The van der Waals surface area contributed by atoms with Gasteiger partial charge in [-0.05, 0) is 26.8 Å². The van der Waals surface area contributed by atoms with E-state index < -0.39 is 5.54 Å². The number of rotatable bonds is 5. The summed E-state index contributed by atoms with van der Waals surface area (Å²) in [7, 11) is 1.62. The second-order valence-electron chi connectivity index (χ2n) is 5.26. The molecular weight excluding hydrogens is 228 g/mol. The third kappa shape index (κ3) is 4.75. The van der Waals surface area contributed by atoms with Gasteiger partial charge in [0, 0.05) is 24.1 Å². The number of amides is 1. The topological polar surface area (TPSA) is 64.3 Å². The van der Waals surface area contributed by atoms with Crippen LogP contribution in [0.4, 0.5) is 0 Å². The summed E-state index contributed by atoms with van der Waals surface area (Å²) in [6.45, 7) is 6.13. The molecule has 0 saturated heterocycles. The molecule has 4 nitrogen and oxygen atoms in total. The van der Waals surface area contributed by atoms with Gasteiger partial charge in [0.05, 0.1) is 7.11 Å². The van der Waals surface area contributed by atoms with Crippen molar-refractivity contribution in [3.05, 3.63) is 29.3 Å². The Bertz CT molecular complexity index is 422. The summed E-state index contributed by atoms with van der Waals surface area (Å²) < 4.78 is 5.26. The van der Waals surface area contributed by atoms with Crippen LogP contribution in [0.3, 0.4) is 0 Å². The number of methoxy groups -OCH3 is 1. The van der Waals surface area contributed by atoms with Gasteiger partial charge in [0.2, 0.25) is 5.91 Å². The van der Waals surface area contributed by atoms with Crippen molar-refractivity contribution in [1.29, 1.82) is 0 Å². The lowest BCUT2D eigenvalue weighted by Gasteiger charge is -2.18. The van der Waals surface area contributed by atoms with Crippen LogP contribution in [0.25, 0.3) is 0 Å². The molecule has 0 aliphatic carbocycles. The maximum absolute atomic E-state index is 11.7. The van der Waals surface area contributed by atoms with E-state index in [0.29, 0.717) is 13.0 Å². The van der Waals surface area contributed by atoms with Crippen LogP contribution < -0.4 is 15.8 Å². The number of aryl methyl sites for hydroxylation is 1. The summed E-state index contributed by atoms with van der Waals surface area (Å²) in [5, 5.41) is 2.86. The minimum Gasteiger partial charge on any atom is -0.496 e. The van der Waals surface area contributed by atoms with Crippen molar-refractivity contribution in [1.82, 2.24) is 5.32 Å². The molecule has 0 heterocycles. The van der Waals surface area contributed by atoms with Crippen molar-refractivity contribution in [3.8, 4) is 5.75 Å². The van der Waals surface area contributed by atoms with Gasteiger partial charge in [-0.15, -0.1) is 0 Å². The Morgan fingerprint density at radius 3 is 2.67 bits per heavy atom. The molecule has 1 aromatic carbocycles. The van der Waals surface area contributed by atoms with Crippen LogP contribution in [0, 0.1) is 6.92 Å². The number of nitrogens with two attached hydrogens (primary N) is 1. The highest BCUT2D eigenvalue weighted by Gasteiger charge is 2.16. The van der Waals surface area contributed by atoms with E-state index in [1.54, 1.807) is 7.11 Å². The van der Waals surface area contributed by atoms with E-state index in [0.717, 1.165) is 16.9 Å². The zero-order valence-electron chi connectivity index (χ0n) is 11.5. The molecule has 0 saturated carbocycles. The Kier molecular flexibility index (Phi) is 4.73. The van der Waals surface area contributed by atoms with Crippen molar-refractivity contribution < 1.29 is 9.53 Å². The molecule has 4 heteroatoms. The first-order valence-corrected chi connectivity index (χ1v) is 6.01. The van der Waals surface area contributed by atoms with Gasteiger partial charge >= 0.3 is 0 Å². The van der Waals surface area contributed by atoms with E-state index in [-0.39, 0.29) is 5.91 Å². The summed E-state index contributed by atoms with van der Waals surface area (Å²) in [5.74, 6) is 0.735. The summed E-state index contributed by atoms with van der Waals surface area (Å²) >= 11 is 0. The fraction of sp³-hybridized carbons (Fsp3) is 0.500. The molecular formula is C14H22N2O2. The van der Waals surface area contributed by atoms with Gasteiger partial charge in [0.1, 0.15) is 5.75 Å². The molecule has 0 aromatic heterocycles. The van der Waals surface area contributed by atoms with Crippen molar-refractivity contribution in [3.63, 3.8) is 0 Å². The first-order chi connectivity index (χ1) is 8.31. The number of benzene rings is 1. The van der Waals surface area contributed by atoms with Gasteiger partial charge in [0.25, 0.3) is 0 Å². The van der Waals surface area contributed by atoms with E-state index >= 15 is 0 Å². The molecule has 0 aliphatic heterocycles. The lowest BCUT2D eigenvalue weighted by Crippen LogP contribution is -2.38. The van der Waals surface area contributed by atoms with Crippen LogP contribution in [0.2, 0.25) is 0 Å². The van der Waals surface area contributed by atoms with Crippen molar-refractivity contribution >= 4 is 5.91 Å². The molecule has 3 N–H and O–H groups in total. The van der Waals surface area contributed by atoms with Crippen LogP contribution >= 0.6 is 0 Å². The minimum absolute atomic E-state index is 0.0499. The van der Waals surface area contributed by atoms with Crippen LogP contribution in [-0.4, -0.2) is 18.6 Å². The summed E-state index contributed by atoms with van der Waals surface area (Å²) in [5.41, 5.74) is 7.43. The molecule has 0 atom stereocenters. The molecule has 1 aromatic rings. The Hall–Kier alpha value is -1.55. The molecule has 100 valence electrons. The highest BCUT2D eigenvalue weighted by atomic mass is 16.5.